The van der Waals surface area contributed by atoms with Crippen LogP contribution in [0.5, 0.6) is 5.75 Å². The van der Waals surface area contributed by atoms with E-state index >= 15 is 0 Å². The van der Waals surface area contributed by atoms with E-state index in [1.165, 1.54) is 6.92 Å². The van der Waals surface area contributed by atoms with E-state index in [9.17, 15) is 4.79 Å². The molecule has 4 nitrogen and oxygen atoms in total. The van der Waals surface area contributed by atoms with Crippen LogP contribution in [-0.4, -0.2) is 22.4 Å². The van der Waals surface area contributed by atoms with Crippen LogP contribution in [0.15, 0.2) is 12.4 Å². The van der Waals surface area contributed by atoms with Gasteiger partial charge < -0.3 is 4.74 Å². The summed E-state index contributed by atoms with van der Waals surface area (Å²) in [4.78, 5) is 18.8. The first-order valence-electron chi connectivity index (χ1n) is 4.53. The van der Waals surface area contributed by atoms with Crippen molar-refractivity contribution in [3.8, 4) is 5.75 Å². The van der Waals surface area contributed by atoms with Crippen LogP contribution in [-0.2, 0) is 4.79 Å². The third kappa shape index (κ3) is 3.12. The Morgan fingerprint density at radius 2 is 2.00 bits per heavy atom. The maximum Gasteiger partial charge on any atom is 0.167 e. The van der Waals surface area contributed by atoms with Crippen molar-refractivity contribution < 1.29 is 9.53 Å². The van der Waals surface area contributed by atoms with Crippen molar-refractivity contribution in [1.29, 1.82) is 0 Å². The molecule has 0 radical (unpaired) electrons. The average molecular weight is 194 g/mol. The third-order valence-electron chi connectivity index (χ3n) is 1.61. The smallest absolute Gasteiger partial charge is 0.167 e. The highest BCUT2D eigenvalue weighted by Gasteiger charge is 2.03. The number of ketones is 1. The molecule has 0 saturated carbocycles. The Morgan fingerprint density at radius 3 is 2.43 bits per heavy atom. The lowest BCUT2D eigenvalue weighted by Crippen LogP contribution is -2.07. The molecule has 0 aliphatic heterocycles. The summed E-state index contributed by atoms with van der Waals surface area (Å²) in [5.41, 5.74) is 0. The third-order valence-corrected chi connectivity index (χ3v) is 1.61. The Kier molecular flexibility index (Phi) is 3.56. The molecule has 4 heteroatoms. The van der Waals surface area contributed by atoms with Gasteiger partial charge in [-0.3, -0.25) is 4.79 Å². The molecular formula is C10H14N2O2. The second kappa shape index (κ2) is 4.69. The van der Waals surface area contributed by atoms with E-state index in [0.29, 0.717) is 11.7 Å². The first-order chi connectivity index (χ1) is 6.59. The number of rotatable bonds is 4. The standard InChI is InChI=1S/C10H14N2O2/c1-7(2)10-11-4-9(5-12-10)14-6-8(3)13/h4-5,7H,6H2,1-3H3. The molecule has 1 rings (SSSR count). The molecule has 0 saturated heterocycles. The largest absolute Gasteiger partial charge is 0.483 e. The Hall–Kier alpha value is -1.45. The lowest BCUT2D eigenvalue weighted by Gasteiger charge is -2.05. The molecule has 0 N–H and O–H groups in total. The van der Waals surface area contributed by atoms with Gasteiger partial charge in [0.1, 0.15) is 12.4 Å². The summed E-state index contributed by atoms with van der Waals surface area (Å²) < 4.78 is 5.13. The molecule has 76 valence electrons. The van der Waals surface area contributed by atoms with Crippen molar-refractivity contribution in [2.24, 2.45) is 0 Å². The molecule has 1 aromatic heterocycles. The van der Waals surface area contributed by atoms with E-state index in [4.69, 9.17) is 4.74 Å². The van der Waals surface area contributed by atoms with Gasteiger partial charge in [0, 0.05) is 5.92 Å². The zero-order valence-corrected chi connectivity index (χ0v) is 8.65. The predicted molar refractivity (Wildman–Crippen MR) is 52.3 cm³/mol. The minimum atomic E-state index is -0.0158. The van der Waals surface area contributed by atoms with Gasteiger partial charge in [-0.1, -0.05) is 13.8 Å². The molecule has 0 aromatic carbocycles. The lowest BCUT2D eigenvalue weighted by atomic mass is 10.2. The molecule has 0 amide bonds. The van der Waals surface area contributed by atoms with Gasteiger partial charge in [-0.15, -0.1) is 0 Å². The average Bonchev–Trinajstić information content (AvgIpc) is 2.15. The zero-order valence-electron chi connectivity index (χ0n) is 8.65. The van der Waals surface area contributed by atoms with Crippen LogP contribution in [0, 0.1) is 0 Å². The molecule has 0 unspecified atom stereocenters. The Morgan fingerprint density at radius 1 is 1.43 bits per heavy atom. The summed E-state index contributed by atoms with van der Waals surface area (Å²) in [6, 6.07) is 0. The summed E-state index contributed by atoms with van der Waals surface area (Å²) >= 11 is 0. The van der Waals surface area contributed by atoms with E-state index in [2.05, 4.69) is 9.97 Å². The maximum absolute atomic E-state index is 10.6. The summed E-state index contributed by atoms with van der Waals surface area (Å²) in [6.07, 6.45) is 3.18. The predicted octanol–water partition coefficient (Wildman–Crippen LogP) is 1.57. The first kappa shape index (κ1) is 10.6. The van der Waals surface area contributed by atoms with E-state index in [1.807, 2.05) is 13.8 Å². The van der Waals surface area contributed by atoms with Crippen LogP contribution in [0.25, 0.3) is 0 Å². The highest BCUT2D eigenvalue weighted by atomic mass is 16.5. The highest BCUT2D eigenvalue weighted by molar-refractivity contribution is 5.77. The van der Waals surface area contributed by atoms with Crippen molar-refractivity contribution in [2.75, 3.05) is 6.61 Å². The summed E-state index contributed by atoms with van der Waals surface area (Å²) in [5.74, 6) is 1.60. The van der Waals surface area contributed by atoms with Crippen LogP contribution in [0.3, 0.4) is 0 Å². The second-order valence-electron chi connectivity index (χ2n) is 3.42. The van der Waals surface area contributed by atoms with Gasteiger partial charge in [0.25, 0.3) is 0 Å². The number of aromatic nitrogens is 2. The van der Waals surface area contributed by atoms with E-state index < -0.39 is 0 Å². The molecule has 14 heavy (non-hydrogen) atoms. The molecule has 0 bridgehead atoms. The van der Waals surface area contributed by atoms with Gasteiger partial charge in [-0.25, -0.2) is 9.97 Å². The van der Waals surface area contributed by atoms with Crippen molar-refractivity contribution in [2.45, 2.75) is 26.7 Å². The number of Topliss-reactive ketones (excluding diaryl/α,β-unsaturated/α-hetero) is 1. The van der Waals surface area contributed by atoms with Gasteiger partial charge >= 0.3 is 0 Å². The minimum absolute atomic E-state index is 0.0158. The number of carbonyl (C=O) groups excluding carboxylic acids is 1. The summed E-state index contributed by atoms with van der Waals surface area (Å²) in [5, 5.41) is 0. The van der Waals surface area contributed by atoms with E-state index in [0.717, 1.165) is 5.82 Å². The molecule has 0 fully saturated rings. The Balaban J connectivity index is 2.59. The zero-order chi connectivity index (χ0) is 10.6. The second-order valence-corrected chi connectivity index (χ2v) is 3.42. The minimum Gasteiger partial charge on any atom is -0.483 e. The van der Waals surface area contributed by atoms with Crippen LogP contribution in [0.2, 0.25) is 0 Å². The van der Waals surface area contributed by atoms with Crippen molar-refractivity contribution in [1.82, 2.24) is 9.97 Å². The van der Waals surface area contributed by atoms with Gasteiger partial charge in [-0.05, 0) is 6.92 Å². The van der Waals surface area contributed by atoms with Crippen LogP contribution >= 0.6 is 0 Å². The van der Waals surface area contributed by atoms with Gasteiger partial charge in [0.2, 0.25) is 0 Å². The molecule has 0 spiro atoms. The van der Waals surface area contributed by atoms with Crippen molar-refractivity contribution in [3.05, 3.63) is 18.2 Å². The molecule has 0 atom stereocenters. The fourth-order valence-corrected chi connectivity index (χ4v) is 0.884. The molecule has 1 heterocycles. The highest BCUT2D eigenvalue weighted by Crippen LogP contribution is 2.11. The maximum atomic E-state index is 10.6. The first-order valence-corrected chi connectivity index (χ1v) is 4.53. The Labute approximate surface area is 83.3 Å². The Bertz CT molecular complexity index is 306. The molecule has 1 aromatic rings. The fourth-order valence-electron chi connectivity index (χ4n) is 0.884. The quantitative estimate of drug-likeness (QED) is 0.730. The van der Waals surface area contributed by atoms with Crippen molar-refractivity contribution in [3.63, 3.8) is 0 Å². The van der Waals surface area contributed by atoms with E-state index in [-0.39, 0.29) is 12.4 Å². The van der Waals surface area contributed by atoms with Crippen LogP contribution in [0.1, 0.15) is 32.5 Å². The number of hydrogen-bond donors (Lipinski definition) is 0. The van der Waals surface area contributed by atoms with Crippen molar-refractivity contribution >= 4 is 5.78 Å². The molecular weight excluding hydrogens is 180 g/mol. The van der Waals surface area contributed by atoms with Gasteiger partial charge in [0.15, 0.2) is 11.5 Å². The van der Waals surface area contributed by atoms with Crippen LogP contribution < -0.4 is 4.74 Å². The van der Waals surface area contributed by atoms with E-state index in [1.54, 1.807) is 12.4 Å². The normalized spacial score (nSPS) is 10.3. The van der Waals surface area contributed by atoms with Gasteiger partial charge in [0.05, 0.1) is 12.4 Å². The number of carbonyl (C=O) groups is 1. The monoisotopic (exact) mass is 194 g/mol. The van der Waals surface area contributed by atoms with Crippen LogP contribution in [0.4, 0.5) is 0 Å². The molecule has 0 aliphatic carbocycles. The SMILES string of the molecule is CC(=O)COc1cnc(C(C)C)nc1. The number of hydrogen-bond acceptors (Lipinski definition) is 4. The molecule has 0 aliphatic rings. The summed E-state index contributed by atoms with van der Waals surface area (Å²) in [6.45, 7) is 5.59. The topological polar surface area (TPSA) is 52.1 Å². The fraction of sp³-hybridized carbons (Fsp3) is 0.500. The lowest BCUT2D eigenvalue weighted by molar-refractivity contribution is -0.118. The summed E-state index contributed by atoms with van der Waals surface area (Å²) in [7, 11) is 0. The number of ether oxygens (including phenoxy) is 1. The van der Waals surface area contributed by atoms with Gasteiger partial charge in [-0.2, -0.15) is 0 Å². The number of nitrogens with zero attached hydrogens (tertiary/aromatic N) is 2.